The van der Waals surface area contributed by atoms with Gasteiger partial charge in [0.25, 0.3) is 0 Å². The summed E-state index contributed by atoms with van der Waals surface area (Å²) < 4.78 is 11.2. The fraction of sp³-hybridized carbons (Fsp3) is 0.455. The minimum absolute atomic E-state index is 0.176. The third-order valence-corrected chi connectivity index (χ3v) is 1.95. The Hall–Kier alpha value is -1.18. The van der Waals surface area contributed by atoms with E-state index in [0.29, 0.717) is 6.61 Å². The normalized spacial score (nSPS) is 28.3. The molecular formula is C11H16O2. The molecule has 0 aliphatic carbocycles. The van der Waals surface area contributed by atoms with Crippen molar-refractivity contribution in [3.05, 3.63) is 36.3 Å². The van der Waals surface area contributed by atoms with Crippen molar-refractivity contribution >= 4 is 0 Å². The van der Waals surface area contributed by atoms with Gasteiger partial charge in [0.05, 0.1) is 0 Å². The molecule has 1 heterocycles. The van der Waals surface area contributed by atoms with Crippen LogP contribution in [-0.2, 0) is 9.47 Å². The van der Waals surface area contributed by atoms with Gasteiger partial charge in [0.1, 0.15) is 12.7 Å². The smallest absolute Gasteiger partial charge is 0.161 e. The Balaban J connectivity index is 2.74. The van der Waals surface area contributed by atoms with Crippen LogP contribution in [-0.4, -0.2) is 12.7 Å². The van der Waals surface area contributed by atoms with Gasteiger partial charge in [-0.1, -0.05) is 19.6 Å². The molecule has 72 valence electrons. The molecule has 13 heavy (non-hydrogen) atoms. The lowest BCUT2D eigenvalue weighted by Gasteiger charge is -2.27. The predicted octanol–water partition coefficient (Wildman–Crippen LogP) is 2.79. The predicted molar refractivity (Wildman–Crippen MR) is 53.2 cm³/mol. The lowest BCUT2D eigenvalue weighted by molar-refractivity contribution is -0.00853. The summed E-state index contributed by atoms with van der Waals surface area (Å²) >= 11 is 0. The summed E-state index contributed by atoms with van der Waals surface area (Å²) in [5, 5.41) is 0. The van der Waals surface area contributed by atoms with Gasteiger partial charge in [-0.15, -0.1) is 0 Å². The second-order valence-corrected chi connectivity index (χ2v) is 2.88. The fourth-order valence-corrected chi connectivity index (χ4v) is 1.18. The van der Waals surface area contributed by atoms with Crippen LogP contribution in [0.5, 0.6) is 0 Å². The van der Waals surface area contributed by atoms with Gasteiger partial charge in [-0.25, -0.2) is 0 Å². The highest BCUT2D eigenvalue weighted by Gasteiger charge is 2.20. The van der Waals surface area contributed by atoms with Gasteiger partial charge in [-0.3, -0.25) is 0 Å². The molecular weight excluding hydrogens is 164 g/mol. The topological polar surface area (TPSA) is 18.5 Å². The van der Waals surface area contributed by atoms with Gasteiger partial charge in [-0.05, 0) is 25.5 Å². The Morgan fingerprint density at radius 1 is 1.54 bits per heavy atom. The van der Waals surface area contributed by atoms with E-state index in [1.54, 1.807) is 6.08 Å². The molecule has 1 rings (SSSR count). The van der Waals surface area contributed by atoms with Gasteiger partial charge >= 0.3 is 0 Å². The quantitative estimate of drug-likeness (QED) is 0.650. The minimum Gasteiger partial charge on any atom is -0.486 e. The van der Waals surface area contributed by atoms with E-state index in [2.05, 4.69) is 13.5 Å². The summed E-state index contributed by atoms with van der Waals surface area (Å²) in [5.74, 6) is 1.60. The molecule has 0 N–H and O–H groups in total. The SMILES string of the molecule is C=C/C=C1/OC(CC)CO/C1=C/C. The first kappa shape index (κ1) is 9.90. The lowest BCUT2D eigenvalue weighted by atomic mass is 10.2. The Morgan fingerprint density at radius 3 is 2.85 bits per heavy atom. The van der Waals surface area contributed by atoms with E-state index in [1.807, 2.05) is 19.1 Å². The highest BCUT2D eigenvalue weighted by atomic mass is 16.6. The third-order valence-electron chi connectivity index (χ3n) is 1.95. The minimum atomic E-state index is 0.176. The van der Waals surface area contributed by atoms with Crippen LogP contribution >= 0.6 is 0 Å². The Labute approximate surface area is 79.5 Å². The molecule has 1 aliphatic heterocycles. The molecule has 0 amide bonds. The molecule has 1 fully saturated rings. The average molecular weight is 180 g/mol. The van der Waals surface area contributed by atoms with E-state index in [1.165, 1.54) is 0 Å². The number of ether oxygens (including phenoxy) is 2. The second kappa shape index (κ2) is 4.75. The molecule has 2 heteroatoms. The van der Waals surface area contributed by atoms with Crippen LogP contribution in [0.1, 0.15) is 20.3 Å². The molecule has 1 unspecified atom stereocenters. The summed E-state index contributed by atoms with van der Waals surface area (Å²) in [6.45, 7) is 8.29. The van der Waals surface area contributed by atoms with E-state index in [-0.39, 0.29) is 6.10 Å². The molecule has 1 saturated heterocycles. The zero-order valence-corrected chi connectivity index (χ0v) is 8.25. The van der Waals surface area contributed by atoms with Crippen LogP contribution in [0.2, 0.25) is 0 Å². The van der Waals surface area contributed by atoms with Crippen LogP contribution in [0.4, 0.5) is 0 Å². The first-order valence-electron chi connectivity index (χ1n) is 4.60. The average Bonchev–Trinajstić information content (AvgIpc) is 2.18. The third kappa shape index (κ3) is 2.38. The maximum Gasteiger partial charge on any atom is 0.161 e. The fourth-order valence-electron chi connectivity index (χ4n) is 1.18. The van der Waals surface area contributed by atoms with Crippen LogP contribution in [0, 0.1) is 0 Å². The summed E-state index contributed by atoms with van der Waals surface area (Å²) in [7, 11) is 0. The molecule has 0 saturated carbocycles. The van der Waals surface area contributed by atoms with Gasteiger partial charge in [0, 0.05) is 0 Å². The molecule has 0 bridgehead atoms. The molecule has 1 aliphatic rings. The van der Waals surface area contributed by atoms with Crippen molar-refractivity contribution in [2.75, 3.05) is 6.61 Å². The maximum atomic E-state index is 5.68. The molecule has 0 radical (unpaired) electrons. The van der Waals surface area contributed by atoms with E-state index < -0.39 is 0 Å². The molecule has 0 aromatic heterocycles. The summed E-state index contributed by atoms with van der Waals surface area (Å²) in [6, 6.07) is 0. The Kier molecular flexibility index (Phi) is 3.62. The van der Waals surface area contributed by atoms with E-state index >= 15 is 0 Å². The highest BCUT2D eigenvalue weighted by molar-refractivity contribution is 5.24. The summed E-state index contributed by atoms with van der Waals surface area (Å²) in [4.78, 5) is 0. The maximum absolute atomic E-state index is 5.68. The number of rotatable bonds is 2. The standard InChI is InChI=1S/C11H16O2/c1-4-7-11-10(6-3)12-8-9(5-2)13-11/h4,6-7,9H,1,5,8H2,2-3H3/b10-6+,11-7+. The van der Waals surface area contributed by atoms with Crippen molar-refractivity contribution in [3.8, 4) is 0 Å². The van der Waals surface area contributed by atoms with Crippen LogP contribution in [0.3, 0.4) is 0 Å². The highest BCUT2D eigenvalue weighted by Crippen LogP contribution is 2.23. The van der Waals surface area contributed by atoms with Crippen molar-refractivity contribution in [2.24, 2.45) is 0 Å². The van der Waals surface area contributed by atoms with Crippen LogP contribution in [0.25, 0.3) is 0 Å². The van der Waals surface area contributed by atoms with Gasteiger partial charge in [0.2, 0.25) is 0 Å². The first-order valence-corrected chi connectivity index (χ1v) is 4.60. The van der Waals surface area contributed by atoms with Crippen molar-refractivity contribution in [2.45, 2.75) is 26.4 Å². The van der Waals surface area contributed by atoms with E-state index in [9.17, 15) is 0 Å². The van der Waals surface area contributed by atoms with E-state index in [4.69, 9.17) is 9.47 Å². The van der Waals surface area contributed by atoms with Crippen molar-refractivity contribution in [1.29, 1.82) is 0 Å². The largest absolute Gasteiger partial charge is 0.486 e. The summed E-state index contributed by atoms with van der Waals surface area (Å²) in [6.07, 6.45) is 6.58. The van der Waals surface area contributed by atoms with Gasteiger partial charge in [-0.2, -0.15) is 0 Å². The van der Waals surface area contributed by atoms with E-state index in [0.717, 1.165) is 17.9 Å². The van der Waals surface area contributed by atoms with Crippen LogP contribution < -0.4 is 0 Å². The summed E-state index contributed by atoms with van der Waals surface area (Å²) in [5.41, 5.74) is 0. The zero-order chi connectivity index (χ0) is 9.68. The van der Waals surface area contributed by atoms with Crippen LogP contribution in [0.15, 0.2) is 36.3 Å². The lowest BCUT2D eigenvalue weighted by Crippen LogP contribution is -2.25. The Morgan fingerprint density at radius 2 is 2.31 bits per heavy atom. The first-order chi connectivity index (χ1) is 6.31. The number of hydrogen-bond donors (Lipinski definition) is 0. The molecule has 0 aromatic carbocycles. The Bertz CT molecular complexity index is 238. The number of allylic oxidation sites excluding steroid dienone is 3. The van der Waals surface area contributed by atoms with Crippen molar-refractivity contribution < 1.29 is 9.47 Å². The van der Waals surface area contributed by atoms with Crippen molar-refractivity contribution in [3.63, 3.8) is 0 Å². The number of hydrogen-bond acceptors (Lipinski definition) is 2. The molecule has 1 atom stereocenters. The van der Waals surface area contributed by atoms with Gasteiger partial charge in [0.15, 0.2) is 11.5 Å². The molecule has 0 aromatic rings. The monoisotopic (exact) mass is 180 g/mol. The van der Waals surface area contributed by atoms with Gasteiger partial charge < -0.3 is 9.47 Å². The molecule has 2 nitrogen and oxygen atoms in total. The zero-order valence-electron chi connectivity index (χ0n) is 8.25. The second-order valence-electron chi connectivity index (χ2n) is 2.88. The molecule has 0 spiro atoms. The van der Waals surface area contributed by atoms with Crippen molar-refractivity contribution in [1.82, 2.24) is 0 Å².